The van der Waals surface area contributed by atoms with E-state index in [0.717, 1.165) is 44.9 Å². The maximum Gasteiger partial charge on any atom is 0.220 e. The number of rotatable bonds is 54. The Bertz CT molecular complexity index is 951. The Labute approximate surface area is 401 Å². The molecule has 1 amide bonds. The second kappa shape index (κ2) is 54.4. The van der Waals surface area contributed by atoms with E-state index in [4.69, 9.17) is 0 Å². The van der Waals surface area contributed by atoms with Crippen molar-refractivity contribution in [3.8, 4) is 0 Å². The summed E-state index contributed by atoms with van der Waals surface area (Å²) in [6, 6.07) is -0.830. The Hall–Kier alpha value is -1.17. The van der Waals surface area contributed by atoms with Crippen LogP contribution in [-0.2, 0) is 4.79 Å². The van der Waals surface area contributed by atoms with Gasteiger partial charge in [-0.15, -0.1) is 0 Å². The highest BCUT2D eigenvalue weighted by Gasteiger charge is 2.26. The summed E-state index contributed by atoms with van der Waals surface area (Å²) in [5, 5.41) is 33.8. The Balaban J connectivity index is 3.56. The number of nitrogens with one attached hydrogen (secondary N) is 1. The summed E-state index contributed by atoms with van der Waals surface area (Å²) in [6.07, 6.45) is 69.2. The largest absolute Gasteiger partial charge is 0.394 e. The van der Waals surface area contributed by atoms with E-state index in [1.54, 1.807) is 0 Å². The number of aliphatic hydroxyl groups is 3. The van der Waals surface area contributed by atoms with E-state index in [1.165, 1.54) is 250 Å². The van der Waals surface area contributed by atoms with Crippen molar-refractivity contribution in [1.82, 2.24) is 5.32 Å². The Morgan fingerprint density at radius 3 is 0.953 bits per heavy atom. The minimum Gasteiger partial charge on any atom is -0.394 e. The fourth-order valence-corrected chi connectivity index (χ4v) is 9.30. The quantitative estimate of drug-likeness (QED) is 0.0362. The first-order valence-corrected chi connectivity index (χ1v) is 29.1. The normalized spacial score (nSPS) is 13.4. The highest BCUT2D eigenvalue weighted by atomic mass is 16.3. The van der Waals surface area contributed by atoms with Gasteiger partial charge in [0.2, 0.25) is 5.91 Å². The molecule has 0 aliphatic carbocycles. The molecule has 0 radical (unpaired) electrons. The Kier molecular flexibility index (Phi) is 53.4. The molecule has 380 valence electrons. The maximum atomic E-state index is 12.5. The topological polar surface area (TPSA) is 89.8 Å². The van der Waals surface area contributed by atoms with Gasteiger partial charge in [-0.2, -0.15) is 0 Å². The first-order valence-electron chi connectivity index (χ1n) is 29.1. The number of carbonyl (C=O) groups is 1. The molecule has 0 aromatic heterocycles. The van der Waals surface area contributed by atoms with Gasteiger partial charge in [0.05, 0.1) is 18.8 Å². The van der Waals surface area contributed by atoms with Crippen molar-refractivity contribution in [3.63, 3.8) is 0 Å². The van der Waals surface area contributed by atoms with E-state index in [9.17, 15) is 20.1 Å². The molecule has 3 unspecified atom stereocenters. The zero-order valence-corrected chi connectivity index (χ0v) is 43.4. The molecule has 0 spiro atoms. The van der Waals surface area contributed by atoms with Crippen LogP contribution in [0.4, 0.5) is 0 Å². The van der Waals surface area contributed by atoms with Crippen LogP contribution in [0.1, 0.15) is 322 Å². The van der Waals surface area contributed by atoms with Crippen LogP contribution in [0.5, 0.6) is 0 Å². The number of hydrogen-bond donors (Lipinski definition) is 4. The third-order valence-electron chi connectivity index (χ3n) is 13.8. The lowest BCUT2D eigenvalue weighted by Gasteiger charge is -2.26. The van der Waals surface area contributed by atoms with Crippen LogP contribution in [0.25, 0.3) is 0 Å². The molecule has 64 heavy (non-hydrogen) atoms. The first kappa shape index (κ1) is 62.8. The standard InChI is InChI=1S/C59H115NO4/c1-3-5-7-9-11-13-15-17-19-21-23-25-27-29-30-32-34-36-38-40-42-44-46-48-50-52-54-58(63)60-56(55-61)59(64)57(62)53-51-49-47-45-43-41-39-37-35-33-31-28-26-24-22-20-18-16-14-12-10-8-6-4-2/h37,39,45,47,56-57,59,61-62,64H,3-36,38,40-44,46,48-55H2,1-2H3,(H,60,63)/b39-37+,47-45+. The van der Waals surface area contributed by atoms with Gasteiger partial charge < -0.3 is 20.6 Å². The highest BCUT2D eigenvalue weighted by Crippen LogP contribution is 2.18. The van der Waals surface area contributed by atoms with Gasteiger partial charge in [0.15, 0.2) is 0 Å². The number of unbranched alkanes of at least 4 members (excludes halogenated alkanes) is 42. The summed E-state index contributed by atoms with van der Waals surface area (Å²) in [4.78, 5) is 12.5. The molecule has 0 rings (SSSR count). The fraction of sp³-hybridized carbons (Fsp3) is 0.915. The van der Waals surface area contributed by atoms with Crippen LogP contribution in [0, 0.1) is 0 Å². The molecule has 0 saturated heterocycles. The third kappa shape index (κ3) is 48.8. The molecule has 5 nitrogen and oxygen atoms in total. The van der Waals surface area contributed by atoms with Gasteiger partial charge in [-0.25, -0.2) is 0 Å². The zero-order valence-electron chi connectivity index (χ0n) is 43.4. The SMILES string of the molecule is CCCCCCCCCCCCCCCCC/C=C/CC/C=C/CCCC(O)C(O)C(CO)NC(=O)CCCCCCCCCCCCCCCCCCCCCCCCCCCC. The van der Waals surface area contributed by atoms with Crippen LogP contribution in [0.15, 0.2) is 24.3 Å². The summed E-state index contributed by atoms with van der Waals surface area (Å²) < 4.78 is 0. The Morgan fingerprint density at radius 2 is 0.641 bits per heavy atom. The van der Waals surface area contributed by atoms with Gasteiger partial charge in [-0.1, -0.05) is 289 Å². The van der Waals surface area contributed by atoms with Crippen molar-refractivity contribution < 1.29 is 20.1 Å². The summed E-state index contributed by atoms with van der Waals surface area (Å²) in [5.41, 5.74) is 0. The van der Waals surface area contributed by atoms with E-state index in [1.807, 2.05) is 0 Å². The van der Waals surface area contributed by atoms with Crippen molar-refractivity contribution in [2.75, 3.05) is 6.61 Å². The van der Waals surface area contributed by atoms with E-state index in [2.05, 4.69) is 43.5 Å². The minimum absolute atomic E-state index is 0.151. The lowest BCUT2D eigenvalue weighted by atomic mass is 10.0. The predicted octanol–water partition coefficient (Wildman–Crippen LogP) is 18.1. The molecule has 0 fully saturated rings. The van der Waals surface area contributed by atoms with Gasteiger partial charge in [0.25, 0.3) is 0 Å². The van der Waals surface area contributed by atoms with Crippen molar-refractivity contribution in [2.45, 2.75) is 340 Å². The molecule has 0 aromatic carbocycles. The second-order valence-corrected chi connectivity index (χ2v) is 20.2. The third-order valence-corrected chi connectivity index (χ3v) is 13.8. The molecule has 0 aliphatic heterocycles. The maximum absolute atomic E-state index is 12.5. The zero-order chi connectivity index (χ0) is 46.5. The summed E-state index contributed by atoms with van der Waals surface area (Å²) in [6.45, 7) is 4.21. The monoisotopic (exact) mass is 902 g/mol. The average molecular weight is 903 g/mol. The number of aliphatic hydroxyl groups excluding tert-OH is 3. The van der Waals surface area contributed by atoms with E-state index >= 15 is 0 Å². The highest BCUT2D eigenvalue weighted by molar-refractivity contribution is 5.76. The van der Waals surface area contributed by atoms with Gasteiger partial charge in [0, 0.05) is 6.42 Å². The van der Waals surface area contributed by atoms with Crippen LogP contribution < -0.4 is 5.32 Å². The van der Waals surface area contributed by atoms with Crippen molar-refractivity contribution in [1.29, 1.82) is 0 Å². The van der Waals surface area contributed by atoms with Gasteiger partial charge in [-0.3, -0.25) is 4.79 Å². The summed E-state index contributed by atoms with van der Waals surface area (Å²) in [7, 11) is 0. The molecule has 0 bridgehead atoms. The summed E-state index contributed by atoms with van der Waals surface area (Å²) >= 11 is 0. The van der Waals surface area contributed by atoms with Crippen LogP contribution in [-0.4, -0.2) is 46.1 Å². The molecule has 4 N–H and O–H groups in total. The number of amides is 1. The number of hydrogen-bond acceptors (Lipinski definition) is 4. The average Bonchev–Trinajstić information content (AvgIpc) is 3.30. The molecule has 5 heteroatoms. The van der Waals surface area contributed by atoms with E-state index < -0.39 is 18.2 Å². The Morgan fingerprint density at radius 1 is 0.375 bits per heavy atom. The predicted molar refractivity (Wildman–Crippen MR) is 282 cm³/mol. The van der Waals surface area contributed by atoms with Crippen molar-refractivity contribution in [3.05, 3.63) is 24.3 Å². The van der Waals surface area contributed by atoms with Gasteiger partial charge in [0.1, 0.15) is 6.10 Å². The first-order chi connectivity index (χ1) is 31.6. The summed E-state index contributed by atoms with van der Waals surface area (Å²) in [5.74, 6) is -0.151. The molecule has 0 heterocycles. The molecule has 0 aromatic rings. The molecular weight excluding hydrogens is 787 g/mol. The molecule has 0 aliphatic rings. The van der Waals surface area contributed by atoms with Gasteiger partial charge >= 0.3 is 0 Å². The fourth-order valence-electron chi connectivity index (χ4n) is 9.30. The van der Waals surface area contributed by atoms with Crippen LogP contribution in [0.3, 0.4) is 0 Å². The number of allylic oxidation sites excluding steroid dienone is 4. The number of carbonyl (C=O) groups excluding carboxylic acids is 1. The van der Waals surface area contributed by atoms with Crippen molar-refractivity contribution >= 4 is 5.91 Å². The molecular formula is C59H115NO4. The molecule has 0 saturated carbocycles. The van der Waals surface area contributed by atoms with Gasteiger partial charge in [-0.05, 0) is 51.4 Å². The van der Waals surface area contributed by atoms with Crippen LogP contribution >= 0.6 is 0 Å². The smallest absolute Gasteiger partial charge is 0.220 e. The van der Waals surface area contributed by atoms with E-state index in [-0.39, 0.29) is 12.5 Å². The molecule has 3 atom stereocenters. The minimum atomic E-state index is -1.17. The second-order valence-electron chi connectivity index (χ2n) is 20.2. The lowest BCUT2D eigenvalue weighted by molar-refractivity contribution is -0.124. The van der Waals surface area contributed by atoms with Crippen LogP contribution in [0.2, 0.25) is 0 Å². The lowest BCUT2D eigenvalue weighted by Crippen LogP contribution is -2.50. The van der Waals surface area contributed by atoms with Crippen molar-refractivity contribution in [2.24, 2.45) is 0 Å². The van der Waals surface area contributed by atoms with E-state index in [0.29, 0.717) is 12.8 Å².